The van der Waals surface area contributed by atoms with Crippen LogP contribution in [0.15, 0.2) is 24.3 Å². The summed E-state index contributed by atoms with van der Waals surface area (Å²) >= 11 is 0. The van der Waals surface area contributed by atoms with Crippen LogP contribution in [0.5, 0.6) is 0 Å². The lowest BCUT2D eigenvalue weighted by Crippen LogP contribution is -2.51. The van der Waals surface area contributed by atoms with Crippen molar-refractivity contribution in [3.63, 3.8) is 0 Å². The van der Waals surface area contributed by atoms with Crippen LogP contribution in [0.2, 0.25) is 0 Å². The maximum Gasteiger partial charge on any atom is 0.254 e. The monoisotopic (exact) mass is 260 g/mol. The predicted molar refractivity (Wildman–Crippen MR) is 78.5 cm³/mol. The quantitative estimate of drug-likeness (QED) is 0.841. The van der Waals surface area contributed by atoms with Crippen LogP contribution in [0, 0.1) is 0 Å². The molecule has 3 heteroatoms. The van der Waals surface area contributed by atoms with Gasteiger partial charge < -0.3 is 10.2 Å². The van der Waals surface area contributed by atoms with Crippen molar-refractivity contribution in [1.29, 1.82) is 0 Å². The molecule has 0 aliphatic carbocycles. The summed E-state index contributed by atoms with van der Waals surface area (Å²) in [5.74, 6) is 0.166. The summed E-state index contributed by atoms with van der Waals surface area (Å²) in [6.07, 6.45) is 0. The molecule has 1 aromatic carbocycles. The standard InChI is InChI=1S/C16H24N2O/c1-12-11-18(10-9-17-12)15(19)13-7-5-6-8-14(13)16(2,3)4/h5-8,12,17H,9-11H2,1-4H3/t12-/m1/s1. The van der Waals surface area contributed by atoms with E-state index in [4.69, 9.17) is 0 Å². The maximum absolute atomic E-state index is 12.7. The second-order valence-corrected chi connectivity index (χ2v) is 6.40. The van der Waals surface area contributed by atoms with E-state index in [1.54, 1.807) is 0 Å². The zero-order valence-electron chi connectivity index (χ0n) is 12.4. The van der Waals surface area contributed by atoms with Crippen molar-refractivity contribution in [3.05, 3.63) is 35.4 Å². The molecule has 0 bridgehead atoms. The summed E-state index contributed by atoms with van der Waals surface area (Å²) in [6.45, 7) is 11.0. The Kier molecular flexibility index (Phi) is 3.95. The Morgan fingerprint density at radius 3 is 2.63 bits per heavy atom. The van der Waals surface area contributed by atoms with Crippen molar-refractivity contribution >= 4 is 5.91 Å². The van der Waals surface area contributed by atoms with E-state index in [1.807, 2.05) is 23.1 Å². The van der Waals surface area contributed by atoms with Crippen LogP contribution in [0.4, 0.5) is 0 Å². The first-order chi connectivity index (χ1) is 8.89. The normalized spacial score (nSPS) is 20.4. The Morgan fingerprint density at radius 1 is 1.32 bits per heavy atom. The highest BCUT2D eigenvalue weighted by Crippen LogP contribution is 2.26. The van der Waals surface area contributed by atoms with Gasteiger partial charge >= 0.3 is 0 Å². The molecule has 0 saturated carbocycles. The summed E-state index contributed by atoms with van der Waals surface area (Å²) < 4.78 is 0. The molecule has 0 aromatic heterocycles. The van der Waals surface area contributed by atoms with Crippen molar-refractivity contribution in [1.82, 2.24) is 10.2 Å². The molecule has 1 aromatic rings. The fraction of sp³-hybridized carbons (Fsp3) is 0.562. The lowest BCUT2D eigenvalue weighted by molar-refractivity contribution is 0.0706. The second-order valence-electron chi connectivity index (χ2n) is 6.40. The van der Waals surface area contributed by atoms with Gasteiger partial charge in [0.1, 0.15) is 0 Å². The first-order valence-corrected chi connectivity index (χ1v) is 7.02. The molecule has 0 spiro atoms. The van der Waals surface area contributed by atoms with E-state index < -0.39 is 0 Å². The zero-order chi connectivity index (χ0) is 14.0. The Morgan fingerprint density at radius 2 is 2.00 bits per heavy atom. The molecule has 2 rings (SSSR count). The minimum Gasteiger partial charge on any atom is -0.336 e. The van der Waals surface area contributed by atoms with E-state index in [9.17, 15) is 4.79 Å². The van der Waals surface area contributed by atoms with Gasteiger partial charge in [-0.05, 0) is 24.0 Å². The van der Waals surface area contributed by atoms with E-state index in [-0.39, 0.29) is 11.3 Å². The van der Waals surface area contributed by atoms with Crippen LogP contribution < -0.4 is 5.32 Å². The van der Waals surface area contributed by atoms with E-state index >= 15 is 0 Å². The summed E-state index contributed by atoms with van der Waals surface area (Å²) in [5.41, 5.74) is 1.97. The van der Waals surface area contributed by atoms with Crippen molar-refractivity contribution in [3.8, 4) is 0 Å². The Labute approximate surface area is 116 Å². The molecule has 19 heavy (non-hydrogen) atoms. The van der Waals surface area contributed by atoms with Crippen LogP contribution in [0.3, 0.4) is 0 Å². The van der Waals surface area contributed by atoms with Crippen molar-refractivity contribution in [2.75, 3.05) is 19.6 Å². The van der Waals surface area contributed by atoms with Crippen LogP contribution in [0.1, 0.15) is 43.6 Å². The fourth-order valence-corrected chi connectivity index (χ4v) is 2.61. The minimum absolute atomic E-state index is 0.00803. The Balaban J connectivity index is 2.29. The third-order valence-corrected chi connectivity index (χ3v) is 3.62. The molecule has 1 heterocycles. The van der Waals surface area contributed by atoms with Crippen molar-refractivity contribution < 1.29 is 4.79 Å². The number of carbonyl (C=O) groups is 1. The predicted octanol–water partition coefficient (Wildman–Crippen LogP) is 2.42. The van der Waals surface area contributed by atoms with Crippen LogP contribution >= 0.6 is 0 Å². The molecule has 0 radical (unpaired) electrons. The number of nitrogens with one attached hydrogen (secondary N) is 1. The summed E-state index contributed by atoms with van der Waals surface area (Å²) in [6, 6.07) is 8.36. The van der Waals surface area contributed by atoms with Crippen LogP contribution in [-0.2, 0) is 5.41 Å². The van der Waals surface area contributed by atoms with Crippen LogP contribution in [0.25, 0.3) is 0 Å². The minimum atomic E-state index is -0.00803. The summed E-state index contributed by atoms with van der Waals surface area (Å²) in [5, 5.41) is 3.37. The molecule has 1 saturated heterocycles. The van der Waals surface area contributed by atoms with Gasteiger partial charge in [0.15, 0.2) is 0 Å². The SMILES string of the molecule is C[C@@H]1CN(C(=O)c2ccccc2C(C)(C)C)CCN1. The molecule has 0 unspecified atom stereocenters. The van der Waals surface area contributed by atoms with E-state index in [1.165, 1.54) is 0 Å². The van der Waals surface area contributed by atoms with Gasteiger partial charge in [-0.15, -0.1) is 0 Å². The number of amides is 1. The molecule has 104 valence electrons. The molecule has 1 fully saturated rings. The highest BCUT2D eigenvalue weighted by Gasteiger charge is 2.26. The number of carbonyl (C=O) groups excluding carboxylic acids is 1. The van der Waals surface area contributed by atoms with Gasteiger partial charge in [-0.2, -0.15) is 0 Å². The first-order valence-electron chi connectivity index (χ1n) is 7.02. The number of hydrogen-bond acceptors (Lipinski definition) is 2. The largest absolute Gasteiger partial charge is 0.336 e. The molecule has 1 amide bonds. The van der Waals surface area contributed by atoms with E-state index in [0.29, 0.717) is 6.04 Å². The smallest absolute Gasteiger partial charge is 0.254 e. The molecular weight excluding hydrogens is 236 g/mol. The van der Waals surface area contributed by atoms with Gasteiger partial charge in [-0.1, -0.05) is 39.0 Å². The third kappa shape index (κ3) is 3.16. The van der Waals surface area contributed by atoms with E-state index in [0.717, 1.165) is 30.8 Å². The Hall–Kier alpha value is -1.35. The first kappa shape index (κ1) is 14.1. The highest BCUT2D eigenvalue weighted by atomic mass is 16.2. The van der Waals surface area contributed by atoms with Gasteiger partial charge in [-0.25, -0.2) is 0 Å². The Bertz CT molecular complexity index is 462. The molecule has 1 N–H and O–H groups in total. The van der Waals surface area contributed by atoms with Gasteiger partial charge in [-0.3, -0.25) is 4.79 Å². The van der Waals surface area contributed by atoms with Gasteiger partial charge in [0.05, 0.1) is 0 Å². The molecular formula is C16H24N2O. The van der Waals surface area contributed by atoms with Crippen LogP contribution in [-0.4, -0.2) is 36.5 Å². The number of nitrogens with zero attached hydrogens (tertiary/aromatic N) is 1. The number of benzene rings is 1. The fourth-order valence-electron chi connectivity index (χ4n) is 2.61. The zero-order valence-corrected chi connectivity index (χ0v) is 12.4. The molecule has 1 aliphatic rings. The highest BCUT2D eigenvalue weighted by molar-refractivity contribution is 5.96. The molecule has 1 atom stereocenters. The lowest BCUT2D eigenvalue weighted by Gasteiger charge is -2.33. The second kappa shape index (κ2) is 5.33. The van der Waals surface area contributed by atoms with Crippen molar-refractivity contribution in [2.45, 2.75) is 39.2 Å². The number of rotatable bonds is 1. The molecule has 1 aliphatic heterocycles. The van der Waals surface area contributed by atoms with Gasteiger partial charge in [0, 0.05) is 31.2 Å². The van der Waals surface area contributed by atoms with Crippen molar-refractivity contribution in [2.24, 2.45) is 0 Å². The van der Waals surface area contributed by atoms with E-state index in [2.05, 4.69) is 39.1 Å². The average molecular weight is 260 g/mol. The lowest BCUT2D eigenvalue weighted by atomic mass is 9.83. The topological polar surface area (TPSA) is 32.3 Å². The molecule has 3 nitrogen and oxygen atoms in total. The number of hydrogen-bond donors (Lipinski definition) is 1. The maximum atomic E-state index is 12.7. The average Bonchev–Trinajstić information content (AvgIpc) is 2.37. The number of piperazine rings is 1. The van der Waals surface area contributed by atoms with Gasteiger partial charge in [0.2, 0.25) is 0 Å². The summed E-state index contributed by atoms with van der Waals surface area (Å²) in [4.78, 5) is 14.7. The summed E-state index contributed by atoms with van der Waals surface area (Å²) in [7, 11) is 0. The van der Waals surface area contributed by atoms with Gasteiger partial charge in [0.25, 0.3) is 5.91 Å². The third-order valence-electron chi connectivity index (χ3n) is 3.62.